The van der Waals surface area contributed by atoms with Gasteiger partial charge in [-0.25, -0.2) is 0 Å². The summed E-state index contributed by atoms with van der Waals surface area (Å²) in [6.07, 6.45) is 0. The molecule has 0 radical (unpaired) electrons. The average molecular weight is 226 g/mol. The van der Waals surface area contributed by atoms with Crippen LogP contribution in [0.5, 0.6) is 0 Å². The van der Waals surface area contributed by atoms with Crippen LogP contribution < -0.4 is 10.6 Å². The first kappa shape index (κ1) is 11.7. The van der Waals surface area contributed by atoms with Gasteiger partial charge in [0.1, 0.15) is 0 Å². The van der Waals surface area contributed by atoms with Crippen LogP contribution in [-0.2, 0) is 6.54 Å². The first-order chi connectivity index (χ1) is 8.22. The highest BCUT2D eigenvalue weighted by Gasteiger charge is 2.06. The Morgan fingerprint density at radius 1 is 1.00 bits per heavy atom. The molecule has 0 fully saturated rings. The number of hydrogen-bond acceptors (Lipinski definition) is 2. The molecule has 0 bridgehead atoms. The van der Waals surface area contributed by atoms with Crippen molar-refractivity contribution in [1.82, 2.24) is 0 Å². The molecule has 88 valence electrons. The SMILES string of the molecule is CN(C)c1ccccc1-c1cccc(CN)c1. The second-order valence-electron chi connectivity index (χ2n) is 4.32. The first-order valence-electron chi connectivity index (χ1n) is 5.78. The van der Waals surface area contributed by atoms with E-state index in [9.17, 15) is 0 Å². The Morgan fingerprint density at radius 3 is 2.47 bits per heavy atom. The van der Waals surface area contributed by atoms with E-state index in [2.05, 4.69) is 67.5 Å². The van der Waals surface area contributed by atoms with Gasteiger partial charge in [-0.2, -0.15) is 0 Å². The lowest BCUT2D eigenvalue weighted by Gasteiger charge is -2.17. The number of anilines is 1. The summed E-state index contributed by atoms with van der Waals surface area (Å²) >= 11 is 0. The van der Waals surface area contributed by atoms with Crippen molar-refractivity contribution in [3.63, 3.8) is 0 Å². The van der Waals surface area contributed by atoms with Crippen LogP contribution in [0.2, 0.25) is 0 Å². The summed E-state index contributed by atoms with van der Waals surface area (Å²) in [5.74, 6) is 0. The molecule has 0 atom stereocenters. The molecule has 17 heavy (non-hydrogen) atoms. The Labute approximate surface area is 103 Å². The monoisotopic (exact) mass is 226 g/mol. The lowest BCUT2D eigenvalue weighted by atomic mass is 10.0. The molecular weight excluding hydrogens is 208 g/mol. The van der Waals surface area contributed by atoms with E-state index in [1.165, 1.54) is 16.8 Å². The molecule has 0 heterocycles. The molecule has 0 amide bonds. The molecule has 2 heteroatoms. The van der Waals surface area contributed by atoms with Gasteiger partial charge in [0.15, 0.2) is 0 Å². The van der Waals surface area contributed by atoms with Crippen molar-refractivity contribution in [3.05, 3.63) is 54.1 Å². The van der Waals surface area contributed by atoms with Crippen molar-refractivity contribution in [2.75, 3.05) is 19.0 Å². The molecule has 0 aromatic heterocycles. The molecule has 0 aliphatic heterocycles. The van der Waals surface area contributed by atoms with Crippen LogP contribution in [-0.4, -0.2) is 14.1 Å². The molecule has 0 saturated heterocycles. The molecule has 2 rings (SSSR count). The zero-order valence-corrected chi connectivity index (χ0v) is 10.4. The number of rotatable bonds is 3. The predicted octanol–water partition coefficient (Wildman–Crippen LogP) is 2.88. The Balaban J connectivity index is 2.52. The van der Waals surface area contributed by atoms with Gasteiger partial charge < -0.3 is 10.6 Å². The van der Waals surface area contributed by atoms with Gasteiger partial charge in [0.2, 0.25) is 0 Å². The van der Waals surface area contributed by atoms with E-state index in [1.54, 1.807) is 0 Å². The highest BCUT2D eigenvalue weighted by atomic mass is 15.1. The smallest absolute Gasteiger partial charge is 0.0440 e. The van der Waals surface area contributed by atoms with Gasteiger partial charge in [-0.1, -0.05) is 36.4 Å². The van der Waals surface area contributed by atoms with Gasteiger partial charge in [-0.3, -0.25) is 0 Å². The molecule has 0 saturated carbocycles. The molecule has 2 aromatic rings. The van der Waals surface area contributed by atoms with Crippen LogP contribution in [0.25, 0.3) is 11.1 Å². The van der Waals surface area contributed by atoms with Crippen LogP contribution in [0.3, 0.4) is 0 Å². The molecule has 2 N–H and O–H groups in total. The van der Waals surface area contributed by atoms with E-state index in [4.69, 9.17) is 5.73 Å². The maximum absolute atomic E-state index is 5.68. The van der Waals surface area contributed by atoms with Crippen molar-refractivity contribution >= 4 is 5.69 Å². The fraction of sp³-hybridized carbons (Fsp3) is 0.200. The lowest BCUT2D eigenvalue weighted by Crippen LogP contribution is -2.09. The topological polar surface area (TPSA) is 29.3 Å². The van der Waals surface area contributed by atoms with Crippen LogP contribution in [0, 0.1) is 0 Å². The summed E-state index contributed by atoms with van der Waals surface area (Å²) in [7, 11) is 4.12. The second-order valence-corrected chi connectivity index (χ2v) is 4.32. The van der Waals surface area contributed by atoms with Gasteiger partial charge in [-0.05, 0) is 23.3 Å². The van der Waals surface area contributed by atoms with E-state index in [0.717, 1.165) is 5.56 Å². The van der Waals surface area contributed by atoms with Crippen LogP contribution in [0.15, 0.2) is 48.5 Å². The third kappa shape index (κ3) is 2.48. The van der Waals surface area contributed by atoms with Gasteiger partial charge in [0, 0.05) is 31.9 Å². The van der Waals surface area contributed by atoms with Gasteiger partial charge >= 0.3 is 0 Å². The first-order valence-corrected chi connectivity index (χ1v) is 5.78. The Kier molecular flexibility index (Phi) is 3.45. The largest absolute Gasteiger partial charge is 0.377 e. The highest BCUT2D eigenvalue weighted by molar-refractivity contribution is 5.78. The summed E-state index contributed by atoms with van der Waals surface area (Å²) in [6.45, 7) is 0.581. The number of benzene rings is 2. The quantitative estimate of drug-likeness (QED) is 0.872. The van der Waals surface area contributed by atoms with E-state index < -0.39 is 0 Å². The van der Waals surface area contributed by atoms with Gasteiger partial charge in [0.25, 0.3) is 0 Å². The van der Waals surface area contributed by atoms with Crippen LogP contribution in [0.1, 0.15) is 5.56 Å². The number of nitrogens with zero attached hydrogens (tertiary/aromatic N) is 1. The maximum atomic E-state index is 5.68. The Hall–Kier alpha value is -1.80. The van der Waals surface area contributed by atoms with Crippen molar-refractivity contribution < 1.29 is 0 Å². The summed E-state index contributed by atoms with van der Waals surface area (Å²) in [4.78, 5) is 2.13. The molecule has 2 nitrogen and oxygen atoms in total. The Bertz CT molecular complexity index is 504. The van der Waals surface area contributed by atoms with E-state index in [1.807, 2.05) is 0 Å². The minimum Gasteiger partial charge on any atom is -0.377 e. The van der Waals surface area contributed by atoms with E-state index in [0.29, 0.717) is 6.54 Å². The molecule has 0 unspecified atom stereocenters. The fourth-order valence-electron chi connectivity index (χ4n) is 1.97. The number of nitrogens with two attached hydrogens (primary N) is 1. The predicted molar refractivity (Wildman–Crippen MR) is 74.1 cm³/mol. The van der Waals surface area contributed by atoms with Crippen molar-refractivity contribution in [3.8, 4) is 11.1 Å². The minimum atomic E-state index is 0.581. The standard InChI is InChI=1S/C15H18N2/c1-17(2)15-9-4-3-8-14(15)13-7-5-6-12(10-13)11-16/h3-10H,11,16H2,1-2H3. The zero-order chi connectivity index (χ0) is 12.3. The number of hydrogen-bond donors (Lipinski definition) is 1. The molecule has 0 aliphatic rings. The third-order valence-electron chi connectivity index (χ3n) is 2.86. The lowest BCUT2D eigenvalue weighted by molar-refractivity contribution is 1.07. The summed E-state index contributed by atoms with van der Waals surface area (Å²) in [6, 6.07) is 16.8. The maximum Gasteiger partial charge on any atom is 0.0440 e. The van der Waals surface area contributed by atoms with Crippen molar-refractivity contribution in [2.24, 2.45) is 5.73 Å². The third-order valence-corrected chi connectivity index (χ3v) is 2.86. The second kappa shape index (κ2) is 5.02. The van der Waals surface area contributed by atoms with E-state index >= 15 is 0 Å². The van der Waals surface area contributed by atoms with E-state index in [-0.39, 0.29) is 0 Å². The van der Waals surface area contributed by atoms with Crippen LogP contribution >= 0.6 is 0 Å². The molecule has 0 spiro atoms. The fourth-order valence-corrected chi connectivity index (χ4v) is 1.97. The van der Waals surface area contributed by atoms with Crippen molar-refractivity contribution in [2.45, 2.75) is 6.54 Å². The normalized spacial score (nSPS) is 10.3. The summed E-state index contributed by atoms with van der Waals surface area (Å²) in [5.41, 5.74) is 10.5. The zero-order valence-electron chi connectivity index (χ0n) is 10.4. The molecule has 0 aliphatic carbocycles. The number of para-hydroxylation sites is 1. The van der Waals surface area contributed by atoms with Crippen molar-refractivity contribution in [1.29, 1.82) is 0 Å². The van der Waals surface area contributed by atoms with Gasteiger partial charge in [-0.15, -0.1) is 0 Å². The average Bonchev–Trinajstić information content (AvgIpc) is 2.39. The van der Waals surface area contributed by atoms with Gasteiger partial charge in [0.05, 0.1) is 0 Å². The summed E-state index contributed by atoms with van der Waals surface area (Å²) in [5, 5.41) is 0. The molecule has 2 aromatic carbocycles. The van der Waals surface area contributed by atoms with Crippen LogP contribution in [0.4, 0.5) is 5.69 Å². The summed E-state index contributed by atoms with van der Waals surface area (Å²) < 4.78 is 0. The molecular formula is C15H18N2. The highest BCUT2D eigenvalue weighted by Crippen LogP contribution is 2.29. The minimum absolute atomic E-state index is 0.581. The Morgan fingerprint density at radius 2 is 1.76 bits per heavy atom.